The lowest BCUT2D eigenvalue weighted by Gasteiger charge is -2.22. The van der Waals surface area contributed by atoms with Crippen molar-refractivity contribution in [2.24, 2.45) is 7.05 Å². The zero-order chi connectivity index (χ0) is 16.9. The van der Waals surface area contributed by atoms with E-state index in [2.05, 4.69) is 10.0 Å². The van der Waals surface area contributed by atoms with Gasteiger partial charge >= 0.3 is 0 Å². The van der Waals surface area contributed by atoms with E-state index >= 15 is 0 Å². The number of rotatable bonds is 7. The van der Waals surface area contributed by atoms with Crippen LogP contribution in [-0.4, -0.2) is 52.0 Å². The molecule has 0 aliphatic carbocycles. The van der Waals surface area contributed by atoms with Crippen molar-refractivity contribution < 1.29 is 22.7 Å². The van der Waals surface area contributed by atoms with E-state index in [1.54, 1.807) is 7.05 Å². The number of nitrogens with one attached hydrogen (secondary N) is 2. The molecule has 8 nitrogen and oxygen atoms in total. The van der Waals surface area contributed by atoms with E-state index < -0.39 is 10.0 Å². The Labute approximate surface area is 136 Å². The quantitative estimate of drug-likeness (QED) is 0.688. The van der Waals surface area contributed by atoms with Crippen LogP contribution >= 0.6 is 0 Å². The number of carbonyl (C=O) groups excluding carboxylic acids is 1. The van der Waals surface area contributed by atoms with Crippen LogP contribution in [0.25, 0.3) is 0 Å². The minimum atomic E-state index is -3.68. The molecule has 0 aromatic carbocycles. The van der Waals surface area contributed by atoms with Crippen molar-refractivity contribution in [2.45, 2.75) is 30.4 Å². The summed E-state index contributed by atoms with van der Waals surface area (Å²) in [4.78, 5) is 11.7. The highest BCUT2D eigenvalue weighted by atomic mass is 32.2. The van der Waals surface area contributed by atoms with Crippen LogP contribution in [0, 0.1) is 0 Å². The van der Waals surface area contributed by atoms with Gasteiger partial charge in [0.1, 0.15) is 10.6 Å². The van der Waals surface area contributed by atoms with Gasteiger partial charge in [-0.2, -0.15) is 0 Å². The summed E-state index contributed by atoms with van der Waals surface area (Å²) >= 11 is 0. The van der Waals surface area contributed by atoms with E-state index in [1.165, 1.54) is 23.9 Å². The molecule has 1 aliphatic rings. The normalized spacial score (nSPS) is 18.8. The van der Waals surface area contributed by atoms with Crippen LogP contribution in [0.3, 0.4) is 0 Å². The van der Waals surface area contributed by atoms with E-state index in [1.807, 2.05) is 0 Å². The van der Waals surface area contributed by atoms with Gasteiger partial charge in [-0.15, -0.1) is 0 Å². The molecule has 2 N–H and O–H groups in total. The summed E-state index contributed by atoms with van der Waals surface area (Å²) in [6, 6.07) is 1.34. The van der Waals surface area contributed by atoms with Crippen molar-refractivity contribution in [1.82, 2.24) is 14.6 Å². The summed E-state index contributed by atoms with van der Waals surface area (Å²) in [5.74, 6) is -0.341. The molecule has 1 aromatic rings. The fourth-order valence-corrected chi connectivity index (χ4v) is 3.41. The fraction of sp³-hybridized carbons (Fsp3) is 0.643. The molecule has 9 heteroatoms. The van der Waals surface area contributed by atoms with Gasteiger partial charge in [0.15, 0.2) is 6.29 Å². The maximum atomic E-state index is 12.2. The predicted octanol–water partition coefficient (Wildman–Crippen LogP) is 0.206. The van der Waals surface area contributed by atoms with Gasteiger partial charge in [0, 0.05) is 33.4 Å². The highest BCUT2D eigenvalue weighted by Gasteiger charge is 2.20. The molecule has 0 spiro atoms. The second-order valence-electron chi connectivity index (χ2n) is 5.32. The Morgan fingerprint density at radius 1 is 1.48 bits per heavy atom. The Bertz CT molecular complexity index is 635. The summed E-state index contributed by atoms with van der Waals surface area (Å²) in [6.07, 6.45) is 4.08. The number of amides is 1. The first-order chi connectivity index (χ1) is 10.9. The molecule has 2 rings (SSSR count). The Morgan fingerprint density at radius 2 is 2.26 bits per heavy atom. The molecular weight excluding hydrogens is 322 g/mol. The van der Waals surface area contributed by atoms with Crippen LogP contribution in [0.5, 0.6) is 0 Å². The summed E-state index contributed by atoms with van der Waals surface area (Å²) in [6.45, 7) is 1.06. The Balaban J connectivity index is 1.87. The van der Waals surface area contributed by atoms with Gasteiger partial charge in [-0.05, 0) is 25.3 Å². The van der Waals surface area contributed by atoms with Gasteiger partial charge in [0.2, 0.25) is 10.0 Å². The minimum Gasteiger partial charge on any atom is -0.354 e. The van der Waals surface area contributed by atoms with Crippen molar-refractivity contribution in [3.8, 4) is 0 Å². The molecule has 23 heavy (non-hydrogen) atoms. The average Bonchev–Trinajstić information content (AvgIpc) is 2.95. The Hall–Kier alpha value is -1.42. The Morgan fingerprint density at radius 3 is 2.91 bits per heavy atom. The minimum absolute atomic E-state index is 0.0486. The number of ether oxygens (including phenoxy) is 2. The molecule has 130 valence electrons. The molecule has 1 saturated heterocycles. The first kappa shape index (κ1) is 17.9. The second-order valence-corrected chi connectivity index (χ2v) is 7.08. The molecule has 1 amide bonds. The molecule has 1 aliphatic heterocycles. The van der Waals surface area contributed by atoms with Crippen LogP contribution in [0.2, 0.25) is 0 Å². The van der Waals surface area contributed by atoms with Crippen molar-refractivity contribution >= 4 is 15.9 Å². The van der Waals surface area contributed by atoms with Crippen LogP contribution in [-0.2, 0) is 26.5 Å². The van der Waals surface area contributed by atoms with Gasteiger partial charge in [0.25, 0.3) is 5.91 Å². The standard InChI is InChI=1S/C14H23N3O5S/c1-15-14(18)12-9-11(10-17(12)2)23(19,20)16-6-8-22-13-5-3-4-7-21-13/h9-10,13,16H,3-8H2,1-2H3,(H,15,18). The molecule has 0 bridgehead atoms. The monoisotopic (exact) mass is 345 g/mol. The van der Waals surface area contributed by atoms with Gasteiger partial charge < -0.3 is 19.4 Å². The molecule has 0 radical (unpaired) electrons. The molecule has 1 aromatic heterocycles. The van der Waals surface area contributed by atoms with Crippen molar-refractivity contribution in [1.29, 1.82) is 0 Å². The van der Waals surface area contributed by atoms with Crippen LogP contribution in [0.4, 0.5) is 0 Å². The maximum Gasteiger partial charge on any atom is 0.267 e. The number of sulfonamides is 1. The van der Waals surface area contributed by atoms with E-state index in [0.717, 1.165) is 19.3 Å². The highest BCUT2D eigenvalue weighted by Crippen LogP contribution is 2.14. The number of hydrogen-bond donors (Lipinski definition) is 2. The third-order valence-electron chi connectivity index (χ3n) is 3.59. The lowest BCUT2D eigenvalue weighted by Crippen LogP contribution is -2.30. The maximum absolute atomic E-state index is 12.2. The molecular formula is C14H23N3O5S. The van der Waals surface area contributed by atoms with Crippen LogP contribution < -0.4 is 10.0 Å². The topological polar surface area (TPSA) is 98.7 Å². The predicted molar refractivity (Wildman–Crippen MR) is 83.5 cm³/mol. The largest absolute Gasteiger partial charge is 0.354 e. The third-order valence-corrected chi connectivity index (χ3v) is 5.01. The Kier molecular flexibility index (Phi) is 6.17. The first-order valence-electron chi connectivity index (χ1n) is 7.55. The smallest absolute Gasteiger partial charge is 0.267 e. The van der Waals surface area contributed by atoms with Crippen molar-refractivity contribution in [3.05, 3.63) is 18.0 Å². The van der Waals surface area contributed by atoms with Crippen LogP contribution in [0.15, 0.2) is 17.2 Å². The molecule has 1 unspecified atom stereocenters. The number of nitrogens with zero attached hydrogens (tertiary/aromatic N) is 1. The fourth-order valence-electron chi connectivity index (χ4n) is 2.33. The van der Waals surface area contributed by atoms with Crippen molar-refractivity contribution in [2.75, 3.05) is 26.8 Å². The van der Waals surface area contributed by atoms with Crippen LogP contribution in [0.1, 0.15) is 29.8 Å². The first-order valence-corrected chi connectivity index (χ1v) is 9.03. The van der Waals surface area contributed by atoms with E-state index in [0.29, 0.717) is 6.61 Å². The summed E-state index contributed by atoms with van der Waals surface area (Å²) < 4.78 is 39.3. The van der Waals surface area contributed by atoms with Gasteiger partial charge in [-0.25, -0.2) is 13.1 Å². The average molecular weight is 345 g/mol. The molecule has 2 heterocycles. The summed E-state index contributed by atoms with van der Waals surface area (Å²) in [7, 11) is -0.568. The van der Waals surface area contributed by atoms with E-state index in [-0.39, 0.29) is 35.9 Å². The van der Waals surface area contributed by atoms with Gasteiger partial charge in [-0.1, -0.05) is 0 Å². The lowest BCUT2D eigenvalue weighted by molar-refractivity contribution is -0.160. The zero-order valence-electron chi connectivity index (χ0n) is 13.4. The zero-order valence-corrected chi connectivity index (χ0v) is 14.2. The van der Waals surface area contributed by atoms with Crippen molar-refractivity contribution in [3.63, 3.8) is 0 Å². The highest BCUT2D eigenvalue weighted by molar-refractivity contribution is 7.89. The number of carbonyl (C=O) groups is 1. The number of aryl methyl sites for hydroxylation is 1. The number of hydrogen-bond acceptors (Lipinski definition) is 5. The molecule has 0 saturated carbocycles. The number of aromatic nitrogens is 1. The van der Waals surface area contributed by atoms with Gasteiger partial charge in [0.05, 0.1) is 6.61 Å². The third kappa shape index (κ3) is 4.77. The second kappa shape index (κ2) is 7.91. The summed E-state index contributed by atoms with van der Waals surface area (Å²) in [5, 5.41) is 2.47. The summed E-state index contributed by atoms with van der Waals surface area (Å²) in [5.41, 5.74) is 0.278. The lowest BCUT2D eigenvalue weighted by atomic mass is 10.2. The molecule has 1 fully saturated rings. The van der Waals surface area contributed by atoms with Gasteiger partial charge in [-0.3, -0.25) is 4.79 Å². The van der Waals surface area contributed by atoms with E-state index in [9.17, 15) is 13.2 Å². The van der Waals surface area contributed by atoms with E-state index in [4.69, 9.17) is 9.47 Å². The SMILES string of the molecule is CNC(=O)c1cc(S(=O)(=O)NCCOC2CCCCO2)cn1C. The molecule has 1 atom stereocenters.